The Hall–Kier alpha value is -0.800. The maximum absolute atomic E-state index is 11.9. The van der Waals surface area contributed by atoms with E-state index in [-0.39, 0.29) is 11.1 Å². The molecule has 0 aliphatic heterocycles. The number of aromatic nitrogens is 1. The van der Waals surface area contributed by atoms with Crippen molar-refractivity contribution in [1.29, 1.82) is 0 Å². The molecule has 0 aliphatic rings. The van der Waals surface area contributed by atoms with Gasteiger partial charge in [-0.15, -0.1) is 0 Å². The highest BCUT2D eigenvalue weighted by Gasteiger charge is 2.08. The third kappa shape index (κ3) is 7.68. The molecule has 0 saturated carbocycles. The lowest BCUT2D eigenvalue weighted by Crippen LogP contribution is -2.24. The van der Waals surface area contributed by atoms with Crippen molar-refractivity contribution in [3.05, 3.63) is 28.0 Å². The first-order chi connectivity index (χ1) is 10.1. The molecule has 1 aromatic heterocycles. The van der Waals surface area contributed by atoms with E-state index in [1.165, 1.54) is 44.7 Å². The summed E-state index contributed by atoms with van der Waals surface area (Å²) in [6.07, 6.45) is 11.5. The normalized spacial score (nSPS) is 10.6. The Morgan fingerprint density at radius 3 is 2.33 bits per heavy atom. The summed E-state index contributed by atoms with van der Waals surface area (Å²) in [5.41, 5.74) is 0.448. The number of unbranched alkanes of at least 4 members (excludes halogenated alkanes) is 7. The number of amides is 1. The van der Waals surface area contributed by atoms with Crippen molar-refractivity contribution < 1.29 is 4.79 Å². The minimum absolute atomic E-state index is 0.149. The quantitative estimate of drug-likeness (QED) is 0.469. The molecular formula is C16H24Cl2N2O. The molecule has 1 heterocycles. The van der Waals surface area contributed by atoms with Crippen LogP contribution in [-0.2, 0) is 0 Å². The number of hydrogen-bond donors (Lipinski definition) is 1. The molecular weight excluding hydrogens is 307 g/mol. The molecule has 118 valence electrons. The predicted octanol–water partition coefficient (Wildman–Crippen LogP) is 5.26. The van der Waals surface area contributed by atoms with Crippen LogP contribution in [0, 0.1) is 0 Å². The maximum atomic E-state index is 11.9. The maximum Gasteiger partial charge on any atom is 0.252 e. The minimum Gasteiger partial charge on any atom is -0.352 e. The van der Waals surface area contributed by atoms with E-state index in [4.69, 9.17) is 23.2 Å². The van der Waals surface area contributed by atoms with Gasteiger partial charge >= 0.3 is 0 Å². The van der Waals surface area contributed by atoms with Gasteiger partial charge in [0.2, 0.25) is 0 Å². The van der Waals surface area contributed by atoms with E-state index < -0.39 is 0 Å². The number of rotatable bonds is 10. The summed E-state index contributed by atoms with van der Waals surface area (Å²) >= 11 is 11.6. The average Bonchev–Trinajstić information content (AvgIpc) is 2.48. The summed E-state index contributed by atoms with van der Waals surface area (Å²) in [5.74, 6) is -0.149. The van der Waals surface area contributed by atoms with Gasteiger partial charge in [-0.3, -0.25) is 4.79 Å². The monoisotopic (exact) mass is 330 g/mol. The summed E-state index contributed by atoms with van der Waals surface area (Å²) in [6.45, 7) is 2.92. The summed E-state index contributed by atoms with van der Waals surface area (Å²) in [5, 5.41) is 3.40. The fourth-order valence-corrected chi connectivity index (χ4v) is 2.38. The van der Waals surface area contributed by atoms with Gasteiger partial charge in [-0.25, -0.2) is 4.98 Å². The van der Waals surface area contributed by atoms with Crippen molar-refractivity contribution in [2.45, 2.75) is 58.3 Å². The number of halogens is 2. The lowest BCUT2D eigenvalue weighted by molar-refractivity contribution is 0.0952. The molecule has 0 saturated heterocycles. The van der Waals surface area contributed by atoms with Gasteiger partial charge in [0.15, 0.2) is 0 Å². The van der Waals surface area contributed by atoms with Gasteiger partial charge < -0.3 is 5.32 Å². The standard InChI is InChI=1S/C16H24Cl2N2O/c1-2-3-4-5-6-7-8-9-10-19-16(21)13-11-14(17)15(18)20-12-13/h11-12H,2-10H2,1H3,(H,19,21). The molecule has 21 heavy (non-hydrogen) atoms. The van der Waals surface area contributed by atoms with Gasteiger partial charge in [0.1, 0.15) is 5.15 Å². The average molecular weight is 331 g/mol. The zero-order chi connectivity index (χ0) is 15.5. The van der Waals surface area contributed by atoms with Crippen molar-refractivity contribution in [1.82, 2.24) is 10.3 Å². The van der Waals surface area contributed by atoms with E-state index in [0.29, 0.717) is 17.1 Å². The van der Waals surface area contributed by atoms with Crippen molar-refractivity contribution in [3.63, 3.8) is 0 Å². The molecule has 3 nitrogen and oxygen atoms in total. The molecule has 0 aliphatic carbocycles. The second-order valence-corrected chi connectivity index (χ2v) is 5.99. The number of nitrogens with one attached hydrogen (secondary N) is 1. The van der Waals surface area contributed by atoms with Crippen molar-refractivity contribution in [3.8, 4) is 0 Å². The molecule has 0 atom stereocenters. The van der Waals surface area contributed by atoms with Crippen LogP contribution in [0.25, 0.3) is 0 Å². The van der Waals surface area contributed by atoms with E-state index in [1.54, 1.807) is 6.07 Å². The number of pyridine rings is 1. The van der Waals surface area contributed by atoms with Crippen LogP contribution in [0.15, 0.2) is 12.3 Å². The van der Waals surface area contributed by atoms with Gasteiger partial charge in [-0.05, 0) is 12.5 Å². The number of carbonyl (C=O) groups is 1. The lowest BCUT2D eigenvalue weighted by atomic mass is 10.1. The molecule has 0 bridgehead atoms. The minimum atomic E-state index is -0.149. The summed E-state index contributed by atoms with van der Waals surface area (Å²) in [4.78, 5) is 15.7. The first-order valence-electron chi connectivity index (χ1n) is 7.74. The molecule has 0 fully saturated rings. The van der Waals surface area contributed by atoms with Crippen LogP contribution >= 0.6 is 23.2 Å². The molecule has 0 unspecified atom stereocenters. The third-order valence-electron chi connectivity index (χ3n) is 3.37. The fraction of sp³-hybridized carbons (Fsp3) is 0.625. The van der Waals surface area contributed by atoms with E-state index in [0.717, 1.165) is 12.8 Å². The molecule has 1 amide bonds. The number of carbonyl (C=O) groups excluding carboxylic acids is 1. The zero-order valence-electron chi connectivity index (χ0n) is 12.6. The van der Waals surface area contributed by atoms with Crippen LogP contribution in [0.1, 0.15) is 68.6 Å². The predicted molar refractivity (Wildman–Crippen MR) is 89.2 cm³/mol. The Morgan fingerprint density at radius 1 is 1.10 bits per heavy atom. The Balaban J connectivity index is 2.09. The summed E-state index contributed by atoms with van der Waals surface area (Å²) in [7, 11) is 0. The first-order valence-corrected chi connectivity index (χ1v) is 8.50. The molecule has 1 rings (SSSR count). The van der Waals surface area contributed by atoms with E-state index in [2.05, 4.69) is 17.2 Å². The van der Waals surface area contributed by atoms with Gasteiger partial charge in [-0.2, -0.15) is 0 Å². The molecule has 0 aromatic carbocycles. The van der Waals surface area contributed by atoms with E-state index in [1.807, 2.05) is 0 Å². The highest BCUT2D eigenvalue weighted by Crippen LogP contribution is 2.19. The van der Waals surface area contributed by atoms with Gasteiger partial charge in [0.25, 0.3) is 5.91 Å². The van der Waals surface area contributed by atoms with Crippen LogP contribution < -0.4 is 5.32 Å². The zero-order valence-corrected chi connectivity index (χ0v) is 14.1. The number of nitrogens with zero attached hydrogens (tertiary/aromatic N) is 1. The molecule has 1 N–H and O–H groups in total. The van der Waals surface area contributed by atoms with Crippen LogP contribution in [0.5, 0.6) is 0 Å². The van der Waals surface area contributed by atoms with E-state index >= 15 is 0 Å². The first kappa shape index (κ1) is 18.2. The van der Waals surface area contributed by atoms with Crippen molar-refractivity contribution in [2.24, 2.45) is 0 Å². The van der Waals surface area contributed by atoms with Gasteiger partial charge in [0, 0.05) is 12.7 Å². The second-order valence-electron chi connectivity index (χ2n) is 5.23. The SMILES string of the molecule is CCCCCCCCCCNC(=O)c1cnc(Cl)c(Cl)c1. The Kier molecular flexibility index (Phi) is 9.44. The van der Waals surface area contributed by atoms with Crippen LogP contribution in [0.4, 0.5) is 0 Å². The van der Waals surface area contributed by atoms with Crippen LogP contribution in [0.2, 0.25) is 10.2 Å². The molecule has 0 radical (unpaired) electrons. The van der Waals surface area contributed by atoms with Crippen molar-refractivity contribution in [2.75, 3.05) is 6.54 Å². The largest absolute Gasteiger partial charge is 0.352 e. The smallest absolute Gasteiger partial charge is 0.252 e. The highest BCUT2D eigenvalue weighted by atomic mass is 35.5. The van der Waals surface area contributed by atoms with E-state index in [9.17, 15) is 4.79 Å². The van der Waals surface area contributed by atoms with Crippen LogP contribution in [-0.4, -0.2) is 17.4 Å². The Morgan fingerprint density at radius 2 is 1.71 bits per heavy atom. The lowest BCUT2D eigenvalue weighted by Gasteiger charge is -2.06. The second kappa shape index (κ2) is 10.9. The van der Waals surface area contributed by atoms with Crippen molar-refractivity contribution >= 4 is 29.1 Å². The highest BCUT2D eigenvalue weighted by molar-refractivity contribution is 6.41. The molecule has 5 heteroatoms. The summed E-state index contributed by atoms with van der Waals surface area (Å²) < 4.78 is 0. The summed E-state index contributed by atoms with van der Waals surface area (Å²) in [6, 6.07) is 1.54. The number of hydrogen-bond acceptors (Lipinski definition) is 2. The Labute approximate surface area is 137 Å². The third-order valence-corrected chi connectivity index (χ3v) is 4.06. The van der Waals surface area contributed by atoms with Gasteiger partial charge in [0.05, 0.1) is 10.6 Å². The van der Waals surface area contributed by atoms with Gasteiger partial charge in [-0.1, -0.05) is 75.1 Å². The molecule has 1 aromatic rings. The Bertz CT molecular complexity index is 438. The molecule has 0 spiro atoms. The fourth-order valence-electron chi connectivity index (χ4n) is 2.11. The topological polar surface area (TPSA) is 42.0 Å². The van der Waals surface area contributed by atoms with Crippen LogP contribution in [0.3, 0.4) is 0 Å².